The van der Waals surface area contributed by atoms with Crippen LogP contribution >= 0.6 is 0 Å². The summed E-state index contributed by atoms with van der Waals surface area (Å²) in [5.41, 5.74) is 1.98. The third-order valence-corrected chi connectivity index (χ3v) is 4.89. The quantitative estimate of drug-likeness (QED) is 0.815. The molecule has 8 nitrogen and oxygen atoms in total. The van der Waals surface area contributed by atoms with Gasteiger partial charge in [-0.1, -0.05) is 12.1 Å². The highest BCUT2D eigenvalue weighted by Gasteiger charge is 2.27. The number of ether oxygens (including phenoxy) is 2. The molecular weight excluding hydrogens is 360 g/mol. The minimum absolute atomic E-state index is 0.0127. The third kappa shape index (κ3) is 3.77. The summed E-state index contributed by atoms with van der Waals surface area (Å²) in [6, 6.07) is 9.26. The summed E-state index contributed by atoms with van der Waals surface area (Å²) in [6.07, 6.45) is 2.33. The van der Waals surface area contributed by atoms with Crippen LogP contribution < -0.4 is 20.3 Å². The summed E-state index contributed by atoms with van der Waals surface area (Å²) >= 11 is 0. The standard InChI is InChI=1S/C20H22N4O4/c1-27-16-4-2-13(3-5-16)11-24-17-8-14(9-21-19(17)22-10-18(24)25)20(26)23-15-6-7-28-12-15/h2-5,8-9,15H,6-7,10-12H2,1H3,(H,21,22)(H,23,26). The number of nitrogens with zero attached hydrogens (tertiary/aromatic N) is 2. The number of nitrogens with one attached hydrogen (secondary N) is 2. The van der Waals surface area contributed by atoms with E-state index in [4.69, 9.17) is 9.47 Å². The number of hydrogen-bond donors (Lipinski definition) is 2. The van der Waals surface area contributed by atoms with Crippen molar-refractivity contribution in [3.8, 4) is 5.75 Å². The Morgan fingerprint density at radius 3 is 2.93 bits per heavy atom. The minimum Gasteiger partial charge on any atom is -0.497 e. The van der Waals surface area contributed by atoms with Gasteiger partial charge in [0.15, 0.2) is 5.82 Å². The maximum atomic E-state index is 12.6. The van der Waals surface area contributed by atoms with Crippen molar-refractivity contribution < 1.29 is 19.1 Å². The maximum absolute atomic E-state index is 12.6. The number of benzene rings is 1. The van der Waals surface area contributed by atoms with Gasteiger partial charge in [0.25, 0.3) is 5.91 Å². The van der Waals surface area contributed by atoms with Crippen LogP contribution in [0.2, 0.25) is 0 Å². The van der Waals surface area contributed by atoms with E-state index >= 15 is 0 Å². The van der Waals surface area contributed by atoms with E-state index in [2.05, 4.69) is 15.6 Å². The van der Waals surface area contributed by atoms with E-state index in [1.54, 1.807) is 18.1 Å². The van der Waals surface area contributed by atoms with Crippen molar-refractivity contribution in [1.29, 1.82) is 0 Å². The number of fused-ring (bicyclic) bond motifs is 1. The Morgan fingerprint density at radius 2 is 2.21 bits per heavy atom. The molecule has 1 fully saturated rings. The van der Waals surface area contributed by atoms with Crippen molar-refractivity contribution in [2.24, 2.45) is 0 Å². The van der Waals surface area contributed by atoms with Gasteiger partial charge in [0, 0.05) is 12.8 Å². The Morgan fingerprint density at radius 1 is 1.39 bits per heavy atom. The SMILES string of the molecule is COc1ccc(CN2C(=O)CNc3ncc(C(=O)NC4CCOC4)cc32)cc1. The molecule has 0 radical (unpaired) electrons. The first kappa shape index (κ1) is 18.2. The maximum Gasteiger partial charge on any atom is 0.253 e. The van der Waals surface area contributed by atoms with Crippen LogP contribution in [-0.2, 0) is 16.1 Å². The summed E-state index contributed by atoms with van der Waals surface area (Å²) in [4.78, 5) is 31.1. The molecular formula is C20H22N4O4. The van der Waals surface area contributed by atoms with Gasteiger partial charge >= 0.3 is 0 Å². The predicted molar refractivity (Wildman–Crippen MR) is 104 cm³/mol. The highest BCUT2D eigenvalue weighted by atomic mass is 16.5. The topological polar surface area (TPSA) is 92.8 Å². The van der Waals surface area contributed by atoms with E-state index in [0.29, 0.717) is 36.8 Å². The molecule has 1 atom stereocenters. The zero-order chi connectivity index (χ0) is 19.5. The van der Waals surface area contributed by atoms with Crippen molar-refractivity contribution in [3.05, 3.63) is 47.7 Å². The first-order chi connectivity index (χ1) is 13.6. The molecule has 2 aliphatic heterocycles. The fourth-order valence-corrected chi connectivity index (χ4v) is 3.31. The van der Waals surface area contributed by atoms with E-state index < -0.39 is 0 Å². The van der Waals surface area contributed by atoms with Gasteiger partial charge in [0.1, 0.15) is 5.75 Å². The lowest BCUT2D eigenvalue weighted by Gasteiger charge is -2.30. The van der Waals surface area contributed by atoms with E-state index in [9.17, 15) is 9.59 Å². The normalized spacial score (nSPS) is 18.4. The second-order valence-corrected chi connectivity index (χ2v) is 6.81. The number of hydrogen-bond acceptors (Lipinski definition) is 6. The monoisotopic (exact) mass is 382 g/mol. The van der Waals surface area contributed by atoms with Crippen LogP contribution in [0.3, 0.4) is 0 Å². The summed E-state index contributed by atoms with van der Waals surface area (Å²) in [5, 5.41) is 5.96. The van der Waals surface area contributed by atoms with E-state index in [0.717, 1.165) is 17.7 Å². The molecule has 146 valence electrons. The molecule has 0 bridgehead atoms. The molecule has 1 unspecified atom stereocenters. The molecule has 1 aromatic heterocycles. The molecule has 0 aliphatic carbocycles. The largest absolute Gasteiger partial charge is 0.497 e. The van der Waals surface area contributed by atoms with Crippen molar-refractivity contribution >= 4 is 23.3 Å². The van der Waals surface area contributed by atoms with Crippen molar-refractivity contribution in [2.75, 3.05) is 37.1 Å². The average molecular weight is 382 g/mol. The number of rotatable bonds is 5. The Balaban J connectivity index is 1.57. The van der Waals surface area contributed by atoms with Crippen molar-refractivity contribution in [2.45, 2.75) is 19.0 Å². The highest BCUT2D eigenvalue weighted by Crippen LogP contribution is 2.30. The lowest BCUT2D eigenvalue weighted by molar-refractivity contribution is -0.117. The van der Waals surface area contributed by atoms with Crippen molar-refractivity contribution in [3.63, 3.8) is 0 Å². The van der Waals surface area contributed by atoms with Gasteiger partial charge < -0.3 is 25.0 Å². The smallest absolute Gasteiger partial charge is 0.253 e. The zero-order valence-electron chi connectivity index (χ0n) is 15.6. The van der Waals surface area contributed by atoms with E-state index in [1.165, 1.54) is 6.20 Å². The Bertz CT molecular complexity index is 878. The number of pyridine rings is 1. The molecule has 1 saturated heterocycles. The molecule has 0 spiro atoms. The van der Waals surface area contributed by atoms with E-state index in [1.807, 2.05) is 24.3 Å². The van der Waals surface area contributed by atoms with Crippen LogP contribution in [0, 0.1) is 0 Å². The lowest BCUT2D eigenvalue weighted by Crippen LogP contribution is -2.40. The van der Waals surface area contributed by atoms with Crippen LogP contribution in [-0.4, -0.2) is 49.7 Å². The van der Waals surface area contributed by atoms with Gasteiger partial charge in [-0.3, -0.25) is 9.59 Å². The zero-order valence-corrected chi connectivity index (χ0v) is 15.6. The number of anilines is 2. The number of methoxy groups -OCH3 is 1. The fourth-order valence-electron chi connectivity index (χ4n) is 3.31. The molecule has 2 amide bonds. The molecule has 28 heavy (non-hydrogen) atoms. The molecule has 2 aromatic rings. The van der Waals surface area contributed by atoms with Gasteiger partial charge in [-0.2, -0.15) is 0 Å². The third-order valence-electron chi connectivity index (χ3n) is 4.89. The molecule has 2 aliphatic rings. The molecule has 8 heteroatoms. The first-order valence-electron chi connectivity index (χ1n) is 9.20. The van der Waals surface area contributed by atoms with Gasteiger partial charge in [0.05, 0.1) is 44.1 Å². The first-order valence-corrected chi connectivity index (χ1v) is 9.20. The molecule has 1 aromatic carbocycles. The number of carbonyl (C=O) groups excluding carboxylic acids is 2. The van der Waals surface area contributed by atoms with Crippen LogP contribution in [0.1, 0.15) is 22.3 Å². The Hall–Kier alpha value is -3.13. The van der Waals surface area contributed by atoms with Crippen LogP contribution in [0.25, 0.3) is 0 Å². The summed E-state index contributed by atoms with van der Waals surface area (Å²) in [7, 11) is 1.61. The van der Waals surface area contributed by atoms with Gasteiger partial charge in [-0.25, -0.2) is 4.98 Å². The molecule has 3 heterocycles. The van der Waals surface area contributed by atoms with Crippen LogP contribution in [0.5, 0.6) is 5.75 Å². The number of amides is 2. The fraction of sp³-hybridized carbons (Fsp3) is 0.350. The van der Waals surface area contributed by atoms with Gasteiger partial charge in [0.2, 0.25) is 5.91 Å². The number of carbonyl (C=O) groups is 2. The van der Waals surface area contributed by atoms with Crippen molar-refractivity contribution in [1.82, 2.24) is 10.3 Å². The molecule has 4 rings (SSSR count). The average Bonchev–Trinajstić information content (AvgIpc) is 3.23. The molecule has 2 N–H and O–H groups in total. The molecule has 0 saturated carbocycles. The minimum atomic E-state index is -0.215. The van der Waals surface area contributed by atoms with E-state index in [-0.39, 0.29) is 24.4 Å². The Kier molecular flexibility index (Phi) is 5.12. The lowest BCUT2D eigenvalue weighted by atomic mass is 10.1. The summed E-state index contributed by atoms with van der Waals surface area (Å²) in [6.45, 7) is 1.73. The Labute approximate surface area is 162 Å². The summed E-state index contributed by atoms with van der Waals surface area (Å²) in [5.74, 6) is 1.06. The highest BCUT2D eigenvalue weighted by molar-refractivity contribution is 6.04. The number of aromatic nitrogens is 1. The second kappa shape index (κ2) is 7.85. The summed E-state index contributed by atoms with van der Waals surface area (Å²) < 4.78 is 10.5. The van der Waals surface area contributed by atoms with Crippen LogP contribution in [0.15, 0.2) is 36.5 Å². The van der Waals surface area contributed by atoms with Crippen LogP contribution in [0.4, 0.5) is 11.5 Å². The second-order valence-electron chi connectivity index (χ2n) is 6.81. The van der Waals surface area contributed by atoms with Gasteiger partial charge in [-0.15, -0.1) is 0 Å². The van der Waals surface area contributed by atoms with Gasteiger partial charge in [-0.05, 0) is 30.2 Å². The predicted octanol–water partition coefficient (Wildman–Crippen LogP) is 1.57.